The first-order valence-corrected chi connectivity index (χ1v) is 5.64. The first kappa shape index (κ1) is 14.4. The molecular formula is C12H18N2O4. The summed E-state index contributed by atoms with van der Waals surface area (Å²) in [5.41, 5.74) is 0.206. The summed E-state index contributed by atoms with van der Waals surface area (Å²) in [5, 5.41) is 20.6. The van der Waals surface area contributed by atoms with Gasteiger partial charge >= 0.3 is 5.82 Å². The Kier molecular flexibility index (Phi) is 4.24. The second-order valence-corrected chi connectivity index (χ2v) is 5.22. The van der Waals surface area contributed by atoms with E-state index in [1.54, 1.807) is 13.0 Å². The van der Waals surface area contributed by atoms with Crippen LogP contribution in [0.15, 0.2) is 12.1 Å². The average molecular weight is 254 g/mol. The molecule has 1 aromatic rings. The van der Waals surface area contributed by atoms with Crippen LogP contribution in [0.1, 0.15) is 26.5 Å². The highest BCUT2D eigenvalue weighted by atomic mass is 16.6. The third-order valence-electron chi connectivity index (χ3n) is 2.55. The predicted octanol–water partition coefficient (Wildman–Crippen LogP) is 2.08. The highest BCUT2D eigenvalue weighted by molar-refractivity contribution is 5.40. The Bertz CT molecular complexity index is 440. The van der Waals surface area contributed by atoms with Gasteiger partial charge < -0.3 is 20.0 Å². The summed E-state index contributed by atoms with van der Waals surface area (Å²) in [7, 11) is 0. The molecule has 0 aliphatic carbocycles. The van der Waals surface area contributed by atoms with Crippen LogP contribution >= 0.6 is 0 Å². The summed E-state index contributed by atoms with van der Waals surface area (Å²) in [4.78, 5) is 14.0. The smallest absolute Gasteiger partial charge is 0.406 e. The molecule has 0 aliphatic heterocycles. The molecule has 100 valence electrons. The molecule has 0 aliphatic rings. The van der Waals surface area contributed by atoms with Gasteiger partial charge in [-0.1, -0.05) is 20.8 Å². The molecule has 6 heteroatoms. The van der Waals surface area contributed by atoms with Crippen molar-refractivity contribution in [3.63, 3.8) is 0 Å². The summed E-state index contributed by atoms with van der Waals surface area (Å²) >= 11 is 0. The number of aryl methyl sites for hydroxylation is 1. The minimum Gasteiger partial charge on any atom is -0.483 e. The molecule has 0 spiro atoms. The third-order valence-corrected chi connectivity index (χ3v) is 2.55. The van der Waals surface area contributed by atoms with E-state index in [0.29, 0.717) is 5.69 Å². The lowest BCUT2D eigenvalue weighted by molar-refractivity contribution is -0.390. The number of nitro groups is 1. The minimum atomic E-state index is -0.710. The number of pyridine rings is 1. The molecule has 0 aromatic carbocycles. The number of hydrogen-bond donors (Lipinski definition) is 1. The highest BCUT2D eigenvalue weighted by Crippen LogP contribution is 2.26. The largest absolute Gasteiger partial charge is 0.483 e. The van der Waals surface area contributed by atoms with Crippen LogP contribution in [-0.4, -0.2) is 27.7 Å². The molecule has 1 atom stereocenters. The number of nitrogens with zero attached hydrogens (tertiary/aromatic N) is 2. The lowest BCUT2D eigenvalue weighted by atomic mass is 9.90. The van der Waals surface area contributed by atoms with Crippen molar-refractivity contribution in [2.75, 3.05) is 6.61 Å². The molecule has 6 nitrogen and oxygen atoms in total. The lowest BCUT2D eigenvalue weighted by Gasteiger charge is -2.25. The Morgan fingerprint density at radius 1 is 1.50 bits per heavy atom. The zero-order chi connectivity index (χ0) is 13.9. The van der Waals surface area contributed by atoms with Crippen LogP contribution in [0.2, 0.25) is 0 Å². The van der Waals surface area contributed by atoms with Gasteiger partial charge in [0.2, 0.25) is 5.75 Å². The summed E-state index contributed by atoms with van der Waals surface area (Å²) < 4.78 is 5.29. The van der Waals surface area contributed by atoms with Crippen LogP contribution in [-0.2, 0) is 0 Å². The van der Waals surface area contributed by atoms with Crippen LogP contribution < -0.4 is 4.74 Å². The first-order chi connectivity index (χ1) is 8.21. The van der Waals surface area contributed by atoms with E-state index in [4.69, 9.17) is 4.74 Å². The molecule has 1 unspecified atom stereocenters. The van der Waals surface area contributed by atoms with Gasteiger partial charge in [0.15, 0.2) is 0 Å². The van der Waals surface area contributed by atoms with Gasteiger partial charge in [0.25, 0.3) is 0 Å². The summed E-state index contributed by atoms with van der Waals surface area (Å²) in [5.74, 6) is -0.245. The van der Waals surface area contributed by atoms with Crippen molar-refractivity contribution >= 4 is 5.82 Å². The average Bonchev–Trinajstić information content (AvgIpc) is 2.25. The van der Waals surface area contributed by atoms with Gasteiger partial charge in [-0.15, -0.1) is 0 Å². The second kappa shape index (κ2) is 5.30. The van der Waals surface area contributed by atoms with E-state index < -0.39 is 11.0 Å². The zero-order valence-corrected chi connectivity index (χ0v) is 11.0. The maximum Gasteiger partial charge on any atom is 0.406 e. The Labute approximate surface area is 106 Å². The summed E-state index contributed by atoms with van der Waals surface area (Å²) in [6.07, 6.45) is -0.710. The monoisotopic (exact) mass is 254 g/mol. The normalized spacial score (nSPS) is 13.2. The van der Waals surface area contributed by atoms with E-state index in [0.717, 1.165) is 0 Å². The maximum atomic E-state index is 10.8. The van der Waals surface area contributed by atoms with E-state index in [-0.39, 0.29) is 23.6 Å². The lowest BCUT2D eigenvalue weighted by Crippen LogP contribution is -2.32. The van der Waals surface area contributed by atoms with E-state index in [2.05, 4.69) is 4.98 Å². The number of hydrogen-bond acceptors (Lipinski definition) is 5. The number of aliphatic hydroxyl groups is 1. The third kappa shape index (κ3) is 3.66. The van der Waals surface area contributed by atoms with Crippen LogP contribution in [0.25, 0.3) is 0 Å². The van der Waals surface area contributed by atoms with E-state index in [1.807, 2.05) is 20.8 Å². The molecule has 1 rings (SSSR count). The Balaban J connectivity index is 2.82. The van der Waals surface area contributed by atoms with Crippen molar-refractivity contribution in [3.05, 3.63) is 27.9 Å². The standard InChI is InChI=1S/C12H18N2O4/c1-8-5-6-9(11(13-8)14(16)17)18-7-10(15)12(2,3)4/h5-6,10,15H,7H2,1-4H3. The quantitative estimate of drug-likeness (QED) is 0.656. The molecular weight excluding hydrogens is 236 g/mol. The Morgan fingerprint density at radius 2 is 2.11 bits per heavy atom. The molecule has 0 radical (unpaired) electrons. The van der Waals surface area contributed by atoms with Gasteiger partial charge in [-0.2, -0.15) is 0 Å². The van der Waals surface area contributed by atoms with Gasteiger partial charge in [0.1, 0.15) is 12.3 Å². The number of ether oxygens (including phenoxy) is 1. The molecule has 1 N–H and O–H groups in total. The molecule has 0 saturated heterocycles. The fourth-order valence-corrected chi connectivity index (χ4v) is 1.19. The van der Waals surface area contributed by atoms with E-state index in [9.17, 15) is 15.2 Å². The van der Waals surface area contributed by atoms with Gasteiger partial charge in [-0.3, -0.25) is 0 Å². The fourth-order valence-electron chi connectivity index (χ4n) is 1.19. The van der Waals surface area contributed by atoms with E-state index >= 15 is 0 Å². The summed E-state index contributed by atoms with van der Waals surface area (Å²) in [6.45, 7) is 7.25. The van der Waals surface area contributed by atoms with Crippen LogP contribution in [0.3, 0.4) is 0 Å². The SMILES string of the molecule is Cc1ccc(OCC(O)C(C)(C)C)c([N+](=O)[O-])n1. The molecule has 0 fully saturated rings. The summed E-state index contributed by atoms with van der Waals surface area (Å²) in [6, 6.07) is 3.13. The van der Waals surface area contributed by atoms with Crippen molar-refractivity contribution in [1.82, 2.24) is 4.98 Å². The number of aliphatic hydroxyl groups excluding tert-OH is 1. The van der Waals surface area contributed by atoms with Crippen LogP contribution in [0.5, 0.6) is 5.75 Å². The number of aromatic nitrogens is 1. The second-order valence-electron chi connectivity index (χ2n) is 5.22. The molecule has 0 amide bonds. The van der Waals surface area contributed by atoms with Crippen molar-refractivity contribution in [2.45, 2.75) is 33.8 Å². The molecule has 1 heterocycles. The molecule has 0 saturated carbocycles. The van der Waals surface area contributed by atoms with Crippen molar-refractivity contribution in [3.8, 4) is 5.75 Å². The van der Waals surface area contributed by atoms with Crippen molar-refractivity contribution in [1.29, 1.82) is 0 Å². The highest BCUT2D eigenvalue weighted by Gasteiger charge is 2.25. The molecule has 18 heavy (non-hydrogen) atoms. The fraction of sp³-hybridized carbons (Fsp3) is 0.583. The van der Waals surface area contributed by atoms with Crippen LogP contribution in [0.4, 0.5) is 5.82 Å². The predicted molar refractivity (Wildman–Crippen MR) is 66.6 cm³/mol. The van der Waals surface area contributed by atoms with Gasteiger partial charge in [-0.25, -0.2) is 0 Å². The Morgan fingerprint density at radius 3 is 2.61 bits per heavy atom. The van der Waals surface area contributed by atoms with Crippen molar-refractivity contribution < 1.29 is 14.8 Å². The van der Waals surface area contributed by atoms with E-state index in [1.165, 1.54) is 6.07 Å². The van der Waals surface area contributed by atoms with Gasteiger partial charge in [0, 0.05) is 6.92 Å². The Hall–Kier alpha value is -1.69. The van der Waals surface area contributed by atoms with Crippen LogP contribution in [0, 0.1) is 22.5 Å². The first-order valence-electron chi connectivity index (χ1n) is 5.64. The molecule has 0 bridgehead atoms. The van der Waals surface area contributed by atoms with Gasteiger partial charge in [0.05, 0.1) is 6.10 Å². The number of rotatable bonds is 4. The maximum absolute atomic E-state index is 10.8. The zero-order valence-electron chi connectivity index (χ0n) is 11.0. The van der Waals surface area contributed by atoms with Gasteiger partial charge in [-0.05, 0) is 27.5 Å². The molecule has 1 aromatic heterocycles. The minimum absolute atomic E-state index is 0.00488. The van der Waals surface area contributed by atoms with Crippen molar-refractivity contribution in [2.24, 2.45) is 5.41 Å². The topological polar surface area (TPSA) is 85.5 Å².